The van der Waals surface area contributed by atoms with Crippen LogP contribution in [0.2, 0.25) is 5.02 Å². The zero-order chi connectivity index (χ0) is 21.7. The molecule has 0 aliphatic rings. The van der Waals surface area contributed by atoms with Gasteiger partial charge in [-0.05, 0) is 30.3 Å². The van der Waals surface area contributed by atoms with Crippen molar-refractivity contribution in [3.05, 3.63) is 70.8 Å². The van der Waals surface area contributed by atoms with E-state index in [1.807, 2.05) is 0 Å². The van der Waals surface area contributed by atoms with Crippen LogP contribution in [0.5, 0.6) is 0 Å². The number of amides is 2. The summed E-state index contributed by atoms with van der Waals surface area (Å²) in [6, 6.07) is 11.0. The number of rotatable bonds is 7. The third kappa shape index (κ3) is 5.37. The van der Waals surface area contributed by atoms with Gasteiger partial charge in [0, 0.05) is 42.5 Å². The van der Waals surface area contributed by atoms with Gasteiger partial charge in [0.05, 0.1) is 5.75 Å². The summed E-state index contributed by atoms with van der Waals surface area (Å²) in [7, 11) is 3.36. The summed E-state index contributed by atoms with van der Waals surface area (Å²) in [6.45, 7) is 0.0231. The number of halogens is 2. The van der Waals surface area contributed by atoms with E-state index in [1.54, 1.807) is 55.3 Å². The van der Waals surface area contributed by atoms with Gasteiger partial charge in [-0.15, -0.1) is 10.2 Å². The first kappa shape index (κ1) is 21.8. The van der Waals surface area contributed by atoms with Crippen LogP contribution in [0.15, 0.2) is 53.9 Å². The van der Waals surface area contributed by atoms with Crippen molar-refractivity contribution in [3.8, 4) is 0 Å². The number of hydrogen-bond acceptors (Lipinski definition) is 5. The molecule has 0 saturated heterocycles. The molecule has 2 aromatic carbocycles. The fraction of sp³-hybridized carbons (Fsp3) is 0.200. The van der Waals surface area contributed by atoms with Crippen LogP contribution in [0, 0.1) is 5.82 Å². The monoisotopic (exact) mass is 447 g/mol. The number of nitrogens with one attached hydrogen (secondary N) is 1. The van der Waals surface area contributed by atoms with Gasteiger partial charge in [0.25, 0.3) is 5.91 Å². The van der Waals surface area contributed by atoms with Gasteiger partial charge in [0.15, 0.2) is 5.16 Å². The van der Waals surface area contributed by atoms with Gasteiger partial charge in [-0.1, -0.05) is 35.5 Å². The smallest absolute Gasteiger partial charge is 0.253 e. The predicted molar refractivity (Wildman–Crippen MR) is 114 cm³/mol. The Morgan fingerprint density at radius 2 is 2.03 bits per heavy atom. The van der Waals surface area contributed by atoms with Crippen LogP contribution >= 0.6 is 23.4 Å². The fourth-order valence-corrected chi connectivity index (χ4v) is 3.58. The van der Waals surface area contributed by atoms with E-state index in [2.05, 4.69) is 15.5 Å². The highest BCUT2D eigenvalue weighted by molar-refractivity contribution is 7.99. The van der Waals surface area contributed by atoms with E-state index in [-0.39, 0.29) is 34.7 Å². The number of carbonyl (C=O) groups is 2. The van der Waals surface area contributed by atoms with Crippen molar-refractivity contribution in [1.29, 1.82) is 0 Å². The molecule has 0 bridgehead atoms. The van der Waals surface area contributed by atoms with Gasteiger partial charge in [0.2, 0.25) is 5.91 Å². The molecule has 0 spiro atoms. The third-order valence-corrected chi connectivity index (χ3v) is 5.59. The Labute approximate surface area is 182 Å². The Kier molecular flexibility index (Phi) is 7.07. The molecule has 0 atom stereocenters. The van der Waals surface area contributed by atoms with E-state index in [0.717, 1.165) is 0 Å². The molecule has 156 valence electrons. The summed E-state index contributed by atoms with van der Waals surface area (Å²) in [5, 5.41) is 11.3. The van der Waals surface area contributed by atoms with Gasteiger partial charge in [-0.25, -0.2) is 4.39 Å². The van der Waals surface area contributed by atoms with Crippen molar-refractivity contribution < 1.29 is 14.0 Å². The first-order valence-corrected chi connectivity index (χ1v) is 10.3. The lowest BCUT2D eigenvalue weighted by Gasteiger charge is -2.19. The number of hydrogen-bond donors (Lipinski definition) is 1. The maximum absolute atomic E-state index is 14.0. The van der Waals surface area contributed by atoms with Crippen LogP contribution in [0.4, 0.5) is 10.1 Å². The van der Waals surface area contributed by atoms with Crippen molar-refractivity contribution >= 4 is 40.9 Å². The van der Waals surface area contributed by atoms with Gasteiger partial charge < -0.3 is 14.8 Å². The topological polar surface area (TPSA) is 80.1 Å². The maximum Gasteiger partial charge on any atom is 0.253 e. The molecule has 0 saturated carbocycles. The lowest BCUT2D eigenvalue weighted by atomic mass is 10.1. The van der Waals surface area contributed by atoms with Crippen LogP contribution in [0.25, 0.3) is 0 Å². The van der Waals surface area contributed by atoms with Crippen molar-refractivity contribution in [2.24, 2.45) is 7.05 Å². The lowest BCUT2D eigenvalue weighted by Crippen LogP contribution is -2.27. The molecule has 0 unspecified atom stereocenters. The normalized spacial score (nSPS) is 10.7. The number of benzene rings is 2. The SMILES string of the molecule is CN(Cc1c(F)cccc1Cl)C(=O)c1cccc(NC(=O)CSc2nncn2C)c1. The van der Waals surface area contributed by atoms with E-state index in [0.29, 0.717) is 16.4 Å². The second-order valence-electron chi connectivity index (χ2n) is 6.50. The largest absolute Gasteiger partial charge is 0.337 e. The van der Waals surface area contributed by atoms with E-state index in [1.165, 1.54) is 28.8 Å². The number of nitrogens with zero attached hydrogens (tertiary/aromatic N) is 4. The molecule has 3 aromatic rings. The summed E-state index contributed by atoms with van der Waals surface area (Å²) < 4.78 is 15.7. The van der Waals surface area contributed by atoms with E-state index in [9.17, 15) is 14.0 Å². The highest BCUT2D eigenvalue weighted by Gasteiger charge is 2.17. The van der Waals surface area contributed by atoms with Crippen molar-refractivity contribution in [2.75, 3.05) is 18.1 Å². The van der Waals surface area contributed by atoms with E-state index >= 15 is 0 Å². The molecule has 0 aliphatic heterocycles. The molecule has 3 rings (SSSR count). The van der Waals surface area contributed by atoms with E-state index < -0.39 is 5.82 Å². The average molecular weight is 448 g/mol. The van der Waals surface area contributed by atoms with Crippen LogP contribution < -0.4 is 5.32 Å². The molecule has 0 radical (unpaired) electrons. The molecule has 0 fully saturated rings. The Hall–Kier alpha value is -2.91. The number of aryl methyl sites for hydroxylation is 1. The molecule has 10 heteroatoms. The number of anilines is 1. The molecule has 7 nitrogen and oxygen atoms in total. The Bertz CT molecular complexity index is 1050. The number of aromatic nitrogens is 3. The lowest BCUT2D eigenvalue weighted by molar-refractivity contribution is -0.113. The van der Waals surface area contributed by atoms with Crippen molar-refractivity contribution in [2.45, 2.75) is 11.7 Å². The quantitative estimate of drug-likeness (QED) is 0.559. The molecule has 2 amide bonds. The molecule has 1 aromatic heterocycles. The Morgan fingerprint density at radius 1 is 1.27 bits per heavy atom. The molecular weight excluding hydrogens is 429 g/mol. The van der Waals surface area contributed by atoms with Crippen LogP contribution in [-0.4, -0.2) is 44.3 Å². The first-order valence-electron chi connectivity index (χ1n) is 8.90. The van der Waals surface area contributed by atoms with Crippen LogP contribution in [0.3, 0.4) is 0 Å². The Balaban J connectivity index is 1.63. The summed E-state index contributed by atoms with van der Waals surface area (Å²) in [5.74, 6) is -0.877. The molecule has 1 N–H and O–H groups in total. The van der Waals surface area contributed by atoms with Crippen LogP contribution in [-0.2, 0) is 18.4 Å². The molecule has 30 heavy (non-hydrogen) atoms. The van der Waals surface area contributed by atoms with E-state index in [4.69, 9.17) is 11.6 Å². The van der Waals surface area contributed by atoms with Crippen molar-refractivity contribution in [3.63, 3.8) is 0 Å². The summed E-state index contributed by atoms with van der Waals surface area (Å²) in [4.78, 5) is 26.3. The number of thioether (sulfide) groups is 1. The summed E-state index contributed by atoms with van der Waals surface area (Å²) in [5.41, 5.74) is 1.10. The van der Waals surface area contributed by atoms with Gasteiger partial charge >= 0.3 is 0 Å². The zero-order valence-corrected chi connectivity index (χ0v) is 17.9. The second-order valence-corrected chi connectivity index (χ2v) is 7.85. The summed E-state index contributed by atoms with van der Waals surface area (Å²) in [6.07, 6.45) is 1.56. The third-order valence-electron chi connectivity index (χ3n) is 4.20. The van der Waals surface area contributed by atoms with Gasteiger partial charge in [-0.2, -0.15) is 0 Å². The highest BCUT2D eigenvalue weighted by atomic mass is 35.5. The van der Waals surface area contributed by atoms with Gasteiger partial charge in [-0.3, -0.25) is 9.59 Å². The zero-order valence-electron chi connectivity index (χ0n) is 16.3. The highest BCUT2D eigenvalue weighted by Crippen LogP contribution is 2.22. The standard InChI is InChI=1S/C20H19ClFN5O2S/c1-26(10-15-16(21)7-4-8-17(15)22)19(29)13-5-3-6-14(9-13)24-18(28)11-30-20-25-23-12-27(20)2/h3-9,12H,10-11H2,1-2H3,(H,24,28). The molecule has 0 aliphatic carbocycles. The first-order chi connectivity index (χ1) is 14.3. The maximum atomic E-state index is 14.0. The minimum atomic E-state index is -0.469. The molecule has 1 heterocycles. The number of carbonyl (C=O) groups excluding carboxylic acids is 2. The van der Waals surface area contributed by atoms with Gasteiger partial charge in [0.1, 0.15) is 12.1 Å². The average Bonchev–Trinajstić information content (AvgIpc) is 3.13. The Morgan fingerprint density at radius 3 is 2.73 bits per heavy atom. The molecular formula is C20H19ClFN5O2S. The fourth-order valence-electron chi connectivity index (χ4n) is 2.67. The predicted octanol–water partition coefficient (Wildman–Crippen LogP) is 3.61. The minimum absolute atomic E-state index is 0.0231. The van der Waals surface area contributed by atoms with Crippen molar-refractivity contribution in [1.82, 2.24) is 19.7 Å². The second kappa shape index (κ2) is 9.73. The minimum Gasteiger partial charge on any atom is -0.337 e. The summed E-state index contributed by atoms with van der Waals surface area (Å²) >= 11 is 7.30. The van der Waals surface area contributed by atoms with Crippen LogP contribution in [0.1, 0.15) is 15.9 Å².